The zero-order valence-electron chi connectivity index (χ0n) is 11.7. The Morgan fingerprint density at radius 3 is 2.25 bits per heavy atom. The third kappa shape index (κ3) is 2.84. The van der Waals surface area contributed by atoms with E-state index in [-0.39, 0.29) is 12.1 Å². The van der Waals surface area contributed by atoms with Gasteiger partial charge in [0.2, 0.25) is 0 Å². The molecular weight excluding hydrogens is 260 g/mol. The van der Waals surface area contributed by atoms with Crippen molar-refractivity contribution < 1.29 is 19.1 Å². The van der Waals surface area contributed by atoms with E-state index in [2.05, 4.69) is 4.90 Å². The molecule has 1 heterocycles. The molecule has 1 aliphatic rings. The quantitative estimate of drug-likeness (QED) is 0.765. The van der Waals surface area contributed by atoms with Crippen LogP contribution in [0.1, 0.15) is 10.4 Å². The zero-order valence-corrected chi connectivity index (χ0v) is 11.7. The van der Waals surface area contributed by atoms with Crippen molar-refractivity contribution in [1.29, 1.82) is 0 Å². The first-order valence-electron chi connectivity index (χ1n) is 6.42. The first-order chi connectivity index (χ1) is 9.67. The molecule has 1 aromatic rings. The summed E-state index contributed by atoms with van der Waals surface area (Å²) in [5.74, 6) is -0.351. The molecule has 0 bridgehead atoms. The molecule has 6 nitrogen and oxygen atoms in total. The molecule has 0 aromatic heterocycles. The Morgan fingerprint density at radius 2 is 1.65 bits per heavy atom. The van der Waals surface area contributed by atoms with Crippen LogP contribution in [0.25, 0.3) is 0 Å². The van der Waals surface area contributed by atoms with Crippen molar-refractivity contribution in [2.24, 2.45) is 0 Å². The molecule has 0 radical (unpaired) electrons. The Hall–Kier alpha value is -2.24. The first kappa shape index (κ1) is 14.2. The van der Waals surface area contributed by atoms with Gasteiger partial charge in [0.05, 0.1) is 25.5 Å². The number of carbonyl (C=O) groups is 2. The molecule has 0 unspecified atom stereocenters. The van der Waals surface area contributed by atoms with E-state index >= 15 is 0 Å². The highest BCUT2D eigenvalue weighted by Gasteiger charge is 2.24. The number of ether oxygens (including phenoxy) is 2. The standard InChI is InChI=1S/C14H18N2O4/c1-19-13(17)11-5-3-4-6-12(11)15-7-9-16(10-8-15)14(18)20-2/h3-6H,7-10H2,1-2H3. The normalized spacial score (nSPS) is 14.9. The maximum absolute atomic E-state index is 11.8. The predicted octanol–water partition coefficient (Wildman–Crippen LogP) is 1.36. The number of nitrogens with zero attached hydrogens (tertiary/aromatic N) is 2. The number of piperazine rings is 1. The monoisotopic (exact) mass is 278 g/mol. The van der Waals surface area contributed by atoms with Crippen LogP contribution >= 0.6 is 0 Å². The summed E-state index contributed by atoms with van der Waals surface area (Å²) in [4.78, 5) is 26.9. The van der Waals surface area contributed by atoms with Gasteiger partial charge in [-0.1, -0.05) is 12.1 Å². The first-order valence-corrected chi connectivity index (χ1v) is 6.42. The van der Waals surface area contributed by atoms with Crippen molar-refractivity contribution in [2.45, 2.75) is 0 Å². The third-order valence-corrected chi connectivity index (χ3v) is 3.36. The van der Waals surface area contributed by atoms with Crippen molar-refractivity contribution in [2.75, 3.05) is 45.3 Å². The van der Waals surface area contributed by atoms with Crippen molar-refractivity contribution in [3.8, 4) is 0 Å². The van der Waals surface area contributed by atoms with Crippen LogP contribution < -0.4 is 4.90 Å². The number of benzene rings is 1. The Kier molecular flexibility index (Phi) is 4.45. The lowest BCUT2D eigenvalue weighted by molar-refractivity contribution is 0.0601. The number of hydrogen-bond donors (Lipinski definition) is 0. The van der Waals surface area contributed by atoms with Crippen molar-refractivity contribution in [3.63, 3.8) is 0 Å². The molecule has 1 aromatic carbocycles. The fraction of sp³-hybridized carbons (Fsp3) is 0.429. The van der Waals surface area contributed by atoms with E-state index < -0.39 is 0 Å². The van der Waals surface area contributed by atoms with Gasteiger partial charge in [0.25, 0.3) is 0 Å². The molecule has 0 N–H and O–H groups in total. The van der Waals surface area contributed by atoms with Crippen LogP contribution in [0.4, 0.5) is 10.5 Å². The van der Waals surface area contributed by atoms with E-state index in [4.69, 9.17) is 9.47 Å². The average Bonchev–Trinajstić information content (AvgIpc) is 2.53. The van der Waals surface area contributed by atoms with Crippen molar-refractivity contribution >= 4 is 17.7 Å². The van der Waals surface area contributed by atoms with E-state index in [1.54, 1.807) is 17.0 Å². The Balaban J connectivity index is 2.11. The molecule has 1 amide bonds. The van der Waals surface area contributed by atoms with Crippen LogP contribution in [0.2, 0.25) is 0 Å². The largest absolute Gasteiger partial charge is 0.465 e. The molecule has 0 saturated carbocycles. The van der Waals surface area contributed by atoms with Crippen LogP contribution in [0, 0.1) is 0 Å². The summed E-state index contributed by atoms with van der Waals surface area (Å²) < 4.78 is 9.50. The number of methoxy groups -OCH3 is 2. The van der Waals surface area contributed by atoms with E-state index in [9.17, 15) is 9.59 Å². The molecule has 2 rings (SSSR count). The lowest BCUT2D eigenvalue weighted by atomic mass is 10.1. The number of para-hydroxylation sites is 1. The Morgan fingerprint density at radius 1 is 1.00 bits per heavy atom. The van der Waals surface area contributed by atoms with Crippen molar-refractivity contribution in [3.05, 3.63) is 29.8 Å². The van der Waals surface area contributed by atoms with Crippen LogP contribution in [0.15, 0.2) is 24.3 Å². The smallest absolute Gasteiger partial charge is 0.409 e. The Bertz CT molecular complexity index is 496. The number of esters is 1. The SMILES string of the molecule is COC(=O)c1ccccc1N1CCN(C(=O)OC)CC1. The van der Waals surface area contributed by atoms with Gasteiger partial charge in [-0.2, -0.15) is 0 Å². The molecule has 0 spiro atoms. The molecule has 108 valence electrons. The summed E-state index contributed by atoms with van der Waals surface area (Å²) in [5.41, 5.74) is 1.38. The van der Waals surface area contributed by atoms with Crippen LogP contribution in [-0.2, 0) is 9.47 Å². The summed E-state index contributed by atoms with van der Waals surface area (Å²) in [6.45, 7) is 2.45. The van der Waals surface area contributed by atoms with Crippen LogP contribution in [0.5, 0.6) is 0 Å². The highest BCUT2D eigenvalue weighted by atomic mass is 16.5. The number of amides is 1. The minimum atomic E-state index is -0.351. The van der Waals surface area contributed by atoms with Gasteiger partial charge in [0, 0.05) is 26.2 Å². The molecule has 1 aliphatic heterocycles. The summed E-state index contributed by atoms with van der Waals surface area (Å²) in [7, 11) is 2.75. The molecule has 6 heteroatoms. The maximum atomic E-state index is 11.8. The fourth-order valence-corrected chi connectivity index (χ4v) is 2.29. The summed E-state index contributed by atoms with van der Waals surface area (Å²) >= 11 is 0. The van der Waals surface area contributed by atoms with E-state index in [1.165, 1.54) is 14.2 Å². The van der Waals surface area contributed by atoms with Gasteiger partial charge in [-0.05, 0) is 12.1 Å². The second kappa shape index (κ2) is 6.27. The number of carbonyl (C=O) groups excluding carboxylic acids is 2. The summed E-state index contributed by atoms with van der Waals surface area (Å²) in [5, 5.41) is 0. The highest BCUT2D eigenvalue weighted by Crippen LogP contribution is 2.22. The minimum Gasteiger partial charge on any atom is -0.465 e. The van der Waals surface area contributed by atoms with Gasteiger partial charge in [-0.25, -0.2) is 9.59 Å². The molecule has 1 saturated heterocycles. The molecule has 0 atom stereocenters. The topological polar surface area (TPSA) is 59.1 Å². The van der Waals surface area contributed by atoms with Crippen LogP contribution in [-0.4, -0.2) is 57.4 Å². The van der Waals surface area contributed by atoms with Gasteiger partial charge in [0.1, 0.15) is 0 Å². The van der Waals surface area contributed by atoms with Crippen molar-refractivity contribution in [1.82, 2.24) is 4.90 Å². The predicted molar refractivity (Wildman–Crippen MR) is 74.0 cm³/mol. The van der Waals surface area contributed by atoms with Gasteiger partial charge >= 0.3 is 12.1 Å². The minimum absolute atomic E-state index is 0.314. The average molecular weight is 278 g/mol. The summed E-state index contributed by atoms with van der Waals surface area (Å²) in [6, 6.07) is 7.32. The number of rotatable bonds is 2. The summed E-state index contributed by atoms with van der Waals surface area (Å²) in [6.07, 6.45) is -0.314. The van der Waals surface area contributed by atoms with Gasteiger partial charge in [-0.3, -0.25) is 0 Å². The van der Waals surface area contributed by atoms with E-state index in [1.807, 2.05) is 12.1 Å². The lowest BCUT2D eigenvalue weighted by Gasteiger charge is -2.35. The van der Waals surface area contributed by atoms with E-state index in [0.29, 0.717) is 31.7 Å². The molecule has 1 fully saturated rings. The van der Waals surface area contributed by atoms with E-state index in [0.717, 1.165) is 5.69 Å². The van der Waals surface area contributed by atoms with Gasteiger partial charge in [0.15, 0.2) is 0 Å². The Labute approximate surface area is 117 Å². The number of hydrogen-bond acceptors (Lipinski definition) is 5. The fourth-order valence-electron chi connectivity index (χ4n) is 2.29. The number of anilines is 1. The van der Waals surface area contributed by atoms with Gasteiger partial charge < -0.3 is 19.3 Å². The second-order valence-electron chi connectivity index (χ2n) is 4.45. The van der Waals surface area contributed by atoms with Crippen LogP contribution in [0.3, 0.4) is 0 Å². The highest BCUT2D eigenvalue weighted by molar-refractivity contribution is 5.95. The second-order valence-corrected chi connectivity index (χ2v) is 4.45. The molecule has 0 aliphatic carbocycles. The molecular formula is C14H18N2O4. The lowest BCUT2D eigenvalue weighted by Crippen LogP contribution is -2.49. The third-order valence-electron chi connectivity index (χ3n) is 3.36. The zero-order chi connectivity index (χ0) is 14.5. The maximum Gasteiger partial charge on any atom is 0.409 e. The van der Waals surface area contributed by atoms with Gasteiger partial charge in [-0.15, -0.1) is 0 Å². The molecule has 20 heavy (non-hydrogen) atoms.